The van der Waals surface area contributed by atoms with Gasteiger partial charge >= 0.3 is 0 Å². The summed E-state index contributed by atoms with van der Waals surface area (Å²) in [4.78, 5) is 0. The monoisotopic (exact) mass is 180 g/mol. The molecule has 0 bridgehead atoms. The smallest absolute Gasteiger partial charge is 0.0259 e. The van der Waals surface area contributed by atoms with Gasteiger partial charge < -0.3 is 0 Å². The number of hydrogen-bond donors (Lipinski definition) is 0. The predicted molar refractivity (Wildman–Crippen MR) is 59.6 cm³/mol. The molecule has 13 heavy (non-hydrogen) atoms. The van der Waals surface area contributed by atoms with Gasteiger partial charge in [0.25, 0.3) is 0 Å². The molecule has 0 saturated heterocycles. The van der Waals surface area contributed by atoms with Crippen LogP contribution in [0.5, 0.6) is 0 Å². The summed E-state index contributed by atoms with van der Waals surface area (Å²) in [5.41, 5.74) is 0. The van der Waals surface area contributed by atoms with Crippen molar-refractivity contribution in [2.45, 2.75) is 47.0 Å². The molecule has 1 aliphatic carbocycles. The van der Waals surface area contributed by atoms with Crippen molar-refractivity contribution < 1.29 is 0 Å². The zero-order chi connectivity index (χ0) is 9.84. The number of rotatable bonds is 1. The van der Waals surface area contributed by atoms with Crippen molar-refractivity contribution in [1.82, 2.24) is 0 Å². The van der Waals surface area contributed by atoms with E-state index in [-0.39, 0.29) is 0 Å². The van der Waals surface area contributed by atoms with Crippen LogP contribution in [0.4, 0.5) is 0 Å². The summed E-state index contributed by atoms with van der Waals surface area (Å²) in [5, 5.41) is 0. The summed E-state index contributed by atoms with van der Waals surface area (Å²) >= 11 is 0. The minimum absolute atomic E-state index is 0.792. The SMILES string of the molecule is CCC1CC(C)C=CCC(C)C1C. The summed E-state index contributed by atoms with van der Waals surface area (Å²) in [6.45, 7) is 9.52. The topological polar surface area (TPSA) is 0 Å². The molecule has 0 aromatic heterocycles. The molecule has 1 rings (SSSR count). The van der Waals surface area contributed by atoms with Crippen LogP contribution in [0.1, 0.15) is 47.0 Å². The van der Waals surface area contributed by atoms with Gasteiger partial charge in [-0.15, -0.1) is 0 Å². The highest BCUT2D eigenvalue weighted by atomic mass is 14.3. The molecule has 0 heteroatoms. The Morgan fingerprint density at radius 3 is 2.54 bits per heavy atom. The second-order valence-corrected chi connectivity index (χ2v) is 4.88. The summed E-state index contributed by atoms with van der Waals surface area (Å²) in [7, 11) is 0. The molecule has 0 radical (unpaired) electrons. The molecule has 0 saturated carbocycles. The predicted octanol–water partition coefficient (Wildman–Crippen LogP) is 4.27. The molecular weight excluding hydrogens is 156 g/mol. The van der Waals surface area contributed by atoms with Gasteiger partial charge in [0.1, 0.15) is 0 Å². The van der Waals surface area contributed by atoms with Gasteiger partial charge in [-0.25, -0.2) is 0 Å². The van der Waals surface area contributed by atoms with Gasteiger partial charge in [-0.2, -0.15) is 0 Å². The molecule has 0 spiro atoms. The first kappa shape index (κ1) is 10.8. The van der Waals surface area contributed by atoms with Crippen LogP contribution in [-0.4, -0.2) is 0 Å². The van der Waals surface area contributed by atoms with E-state index in [0.717, 1.165) is 23.7 Å². The first-order chi connectivity index (χ1) is 6.15. The van der Waals surface area contributed by atoms with Gasteiger partial charge in [-0.3, -0.25) is 0 Å². The minimum Gasteiger partial charge on any atom is -0.0880 e. The summed E-state index contributed by atoms with van der Waals surface area (Å²) in [6.07, 6.45) is 8.81. The lowest BCUT2D eigenvalue weighted by Crippen LogP contribution is -2.21. The van der Waals surface area contributed by atoms with Crippen LogP contribution < -0.4 is 0 Å². The second kappa shape index (κ2) is 4.83. The molecule has 0 aliphatic heterocycles. The zero-order valence-electron chi connectivity index (χ0n) is 9.59. The van der Waals surface area contributed by atoms with E-state index in [2.05, 4.69) is 39.8 Å². The first-order valence-corrected chi connectivity index (χ1v) is 5.81. The molecule has 0 aromatic rings. The molecule has 4 unspecified atom stereocenters. The normalized spacial score (nSPS) is 41.2. The maximum Gasteiger partial charge on any atom is -0.0259 e. The summed E-state index contributed by atoms with van der Waals surface area (Å²) in [5.74, 6) is 3.50. The van der Waals surface area contributed by atoms with Crippen molar-refractivity contribution in [3.05, 3.63) is 12.2 Å². The average Bonchev–Trinajstić information content (AvgIpc) is 2.11. The van der Waals surface area contributed by atoms with E-state index in [0.29, 0.717) is 0 Å². The summed E-state index contributed by atoms with van der Waals surface area (Å²) < 4.78 is 0. The van der Waals surface area contributed by atoms with Crippen LogP contribution in [0.2, 0.25) is 0 Å². The molecule has 1 aliphatic rings. The van der Waals surface area contributed by atoms with E-state index in [4.69, 9.17) is 0 Å². The zero-order valence-corrected chi connectivity index (χ0v) is 9.59. The molecule has 0 heterocycles. The molecule has 0 amide bonds. The van der Waals surface area contributed by atoms with Crippen molar-refractivity contribution in [3.8, 4) is 0 Å². The van der Waals surface area contributed by atoms with Gasteiger partial charge in [0, 0.05) is 0 Å². The Labute approximate surface area is 83.4 Å². The van der Waals surface area contributed by atoms with E-state index in [9.17, 15) is 0 Å². The van der Waals surface area contributed by atoms with E-state index in [1.807, 2.05) is 0 Å². The van der Waals surface area contributed by atoms with Crippen LogP contribution in [-0.2, 0) is 0 Å². The van der Waals surface area contributed by atoms with Crippen molar-refractivity contribution in [1.29, 1.82) is 0 Å². The van der Waals surface area contributed by atoms with Crippen molar-refractivity contribution in [2.75, 3.05) is 0 Å². The Morgan fingerprint density at radius 2 is 1.92 bits per heavy atom. The van der Waals surface area contributed by atoms with Crippen LogP contribution in [0.3, 0.4) is 0 Å². The van der Waals surface area contributed by atoms with Crippen molar-refractivity contribution in [2.24, 2.45) is 23.7 Å². The third-order valence-corrected chi connectivity index (χ3v) is 3.81. The Hall–Kier alpha value is -0.260. The highest BCUT2D eigenvalue weighted by Crippen LogP contribution is 2.33. The van der Waals surface area contributed by atoms with Crippen LogP contribution >= 0.6 is 0 Å². The van der Waals surface area contributed by atoms with E-state index in [1.165, 1.54) is 19.3 Å². The van der Waals surface area contributed by atoms with Crippen LogP contribution in [0.25, 0.3) is 0 Å². The standard InChI is InChI=1S/C13H24/c1-5-13-9-10(2)7-6-8-11(3)12(13)4/h6-7,10-13H,5,8-9H2,1-4H3. The minimum atomic E-state index is 0.792. The fourth-order valence-corrected chi connectivity index (χ4v) is 2.51. The first-order valence-electron chi connectivity index (χ1n) is 5.81. The number of hydrogen-bond acceptors (Lipinski definition) is 0. The highest BCUT2D eigenvalue weighted by molar-refractivity contribution is 4.92. The Morgan fingerprint density at radius 1 is 1.23 bits per heavy atom. The lowest BCUT2D eigenvalue weighted by Gasteiger charge is -2.31. The van der Waals surface area contributed by atoms with Gasteiger partial charge in [-0.1, -0.05) is 46.3 Å². The molecular formula is C13H24. The Bertz CT molecular complexity index is 169. The molecule has 0 nitrogen and oxygen atoms in total. The van der Waals surface area contributed by atoms with Crippen LogP contribution in [0, 0.1) is 23.7 Å². The highest BCUT2D eigenvalue weighted by Gasteiger charge is 2.23. The van der Waals surface area contributed by atoms with Gasteiger partial charge in [0.05, 0.1) is 0 Å². The fourth-order valence-electron chi connectivity index (χ4n) is 2.51. The lowest BCUT2D eigenvalue weighted by molar-refractivity contribution is 0.222. The molecule has 76 valence electrons. The molecule has 0 N–H and O–H groups in total. The third kappa shape index (κ3) is 2.86. The van der Waals surface area contributed by atoms with Crippen LogP contribution in [0.15, 0.2) is 12.2 Å². The van der Waals surface area contributed by atoms with Gasteiger partial charge in [0.15, 0.2) is 0 Å². The Kier molecular flexibility index (Phi) is 4.02. The van der Waals surface area contributed by atoms with Crippen molar-refractivity contribution in [3.63, 3.8) is 0 Å². The molecule has 0 aromatic carbocycles. The largest absolute Gasteiger partial charge is 0.0880 e. The quantitative estimate of drug-likeness (QED) is 0.529. The van der Waals surface area contributed by atoms with Gasteiger partial charge in [-0.05, 0) is 36.5 Å². The molecule has 0 fully saturated rings. The van der Waals surface area contributed by atoms with Gasteiger partial charge in [0.2, 0.25) is 0 Å². The maximum absolute atomic E-state index is 2.44. The van der Waals surface area contributed by atoms with Crippen molar-refractivity contribution >= 4 is 0 Å². The third-order valence-electron chi connectivity index (χ3n) is 3.81. The molecule has 4 atom stereocenters. The van der Waals surface area contributed by atoms with E-state index >= 15 is 0 Å². The fraction of sp³-hybridized carbons (Fsp3) is 0.846. The Balaban J connectivity index is 2.67. The number of allylic oxidation sites excluding steroid dienone is 2. The second-order valence-electron chi connectivity index (χ2n) is 4.88. The summed E-state index contributed by atoms with van der Waals surface area (Å²) in [6, 6.07) is 0. The van der Waals surface area contributed by atoms with E-state index < -0.39 is 0 Å². The van der Waals surface area contributed by atoms with E-state index in [1.54, 1.807) is 0 Å². The lowest BCUT2D eigenvalue weighted by atomic mass is 9.75. The average molecular weight is 180 g/mol. The maximum atomic E-state index is 2.44.